The molecule has 1 saturated heterocycles. The minimum absolute atomic E-state index is 0.0421. The monoisotopic (exact) mass is 398 g/mol. The predicted octanol–water partition coefficient (Wildman–Crippen LogP) is 1.68. The van der Waals surface area contributed by atoms with Gasteiger partial charge in [-0.2, -0.15) is 0 Å². The molecule has 4 N–H and O–H groups in total. The molecule has 9 heteroatoms. The predicted molar refractivity (Wildman–Crippen MR) is 102 cm³/mol. The van der Waals surface area contributed by atoms with Gasteiger partial charge in [0.25, 0.3) is 5.91 Å². The number of pyridine rings is 2. The lowest BCUT2D eigenvalue weighted by atomic mass is 9.87. The largest absolute Gasteiger partial charge is 0.387 e. The van der Waals surface area contributed by atoms with E-state index in [9.17, 15) is 15.0 Å². The summed E-state index contributed by atoms with van der Waals surface area (Å²) in [4.78, 5) is 25.0. The summed E-state index contributed by atoms with van der Waals surface area (Å²) in [5.41, 5.74) is 6.98. The van der Waals surface area contributed by atoms with E-state index in [4.69, 9.17) is 10.5 Å². The maximum Gasteiger partial charge on any atom is 0.267 e. The fraction of sp³-hybridized carbons (Fsp3) is 0.263. The third-order valence-corrected chi connectivity index (χ3v) is 5.43. The maximum atomic E-state index is 12.3. The van der Waals surface area contributed by atoms with Gasteiger partial charge in [-0.25, -0.2) is 9.97 Å². The quantitative estimate of drug-likeness (QED) is 0.609. The molecule has 0 spiro atoms. The zero-order chi connectivity index (χ0) is 19.7. The summed E-state index contributed by atoms with van der Waals surface area (Å²) in [7, 11) is 0. The van der Waals surface area contributed by atoms with Gasteiger partial charge in [0.15, 0.2) is 0 Å². The third-order valence-electron chi connectivity index (χ3n) is 4.63. The molecule has 4 rings (SSSR count). The first-order valence-corrected chi connectivity index (χ1v) is 9.58. The first kappa shape index (κ1) is 18.6. The van der Waals surface area contributed by atoms with Gasteiger partial charge < -0.3 is 20.7 Å². The number of thiazole rings is 1. The molecule has 28 heavy (non-hydrogen) atoms. The lowest BCUT2D eigenvalue weighted by molar-refractivity contribution is -0.285. The van der Waals surface area contributed by atoms with Crippen molar-refractivity contribution in [1.82, 2.24) is 15.0 Å². The van der Waals surface area contributed by atoms with E-state index in [0.29, 0.717) is 34.7 Å². The number of primary amides is 1. The Bertz CT molecular complexity index is 997. The van der Waals surface area contributed by atoms with Crippen LogP contribution >= 0.6 is 11.3 Å². The van der Waals surface area contributed by atoms with Gasteiger partial charge in [-0.05, 0) is 30.5 Å². The van der Waals surface area contributed by atoms with Crippen LogP contribution in [0.15, 0.2) is 42.2 Å². The molecule has 0 radical (unpaired) electrons. The van der Waals surface area contributed by atoms with Gasteiger partial charge in [-0.15, -0.1) is 11.3 Å². The van der Waals surface area contributed by atoms with Crippen molar-refractivity contribution >= 4 is 17.2 Å². The highest BCUT2D eigenvalue weighted by Crippen LogP contribution is 2.41. The number of aliphatic hydroxyl groups excluding tert-OH is 1. The Morgan fingerprint density at radius 1 is 1.39 bits per heavy atom. The number of aliphatic hydroxyl groups is 2. The van der Waals surface area contributed by atoms with Gasteiger partial charge in [-0.1, -0.05) is 6.07 Å². The maximum absolute atomic E-state index is 12.3. The first-order valence-electron chi connectivity index (χ1n) is 8.70. The molecule has 8 nitrogen and oxygen atoms in total. The molecule has 1 aliphatic heterocycles. The molecular formula is C19H18N4O4S. The smallest absolute Gasteiger partial charge is 0.267 e. The van der Waals surface area contributed by atoms with Gasteiger partial charge in [-0.3, -0.25) is 9.78 Å². The lowest BCUT2D eigenvalue weighted by Gasteiger charge is -2.38. The fourth-order valence-electron chi connectivity index (χ4n) is 3.33. The lowest BCUT2D eigenvalue weighted by Crippen LogP contribution is -2.47. The molecule has 1 aliphatic rings. The van der Waals surface area contributed by atoms with Crippen molar-refractivity contribution in [3.8, 4) is 21.8 Å². The first-order chi connectivity index (χ1) is 13.5. The Labute approximate surface area is 164 Å². The number of hydrogen-bond acceptors (Lipinski definition) is 8. The highest BCUT2D eigenvalue weighted by molar-refractivity contribution is 7.13. The minimum atomic E-state index is -2.11. The van der Waals surface area contributed by atoms with E-state index in [1.807, 2.05) is 0 Å². The van der Waals surface area contributed by atoms with Crippen LogP contribution in [0.5, 0.6) is 0 Å². The van der Waals surface area contributed by atoms with Gasteiger partial charge in [0.1, 0.15) is 22.5 Å². The SMILES string of the molecule is NC(=O)c1nc(-c2nccs2)cc(-c2cccnc2)c1C1(O)OCCCC1O. The number of nitrogens with zero attached hydrogens (tertiary/aromatic N) is 3. The van der Waals surface area contributed by atoms with E-state index < -0.39 is 17.8 Å². The van der Waals surface area contributed by atoms with Crippen molar-refractivity contribution in [3.05, 3.63) is 53.4 Å². The zero-order valence-electron chi connectivity index (χ0n) is 14.8. The van der Waals surface area contributed by atoms with E-state index >= 15 is 0 Å². The second-order valence-corrected chi connectivity index (χ2v) is 7.32. The Kier molecular flexibility index (Phi) is 4.90. The van der Waals surface area contributed by atoms with E-state index in [-0.39, 0.29) is 17.9 Å². The molecular weight excluding hydrogens is 380 g/mol. The molecule has 0 saturated carbocycles. The van der Waals surface area contributed by atoms with Crippen molar-refractivity contribution in [2.75, 3.05) is 6.61 Å². The molecule has 1 amide bonds. The number of carbonyl (C=O) groups excluding carboxylic acids is 1. The number of carbonyl (C=O) groups is 1. The van der Waals surface area contributed by atoms with Crippen LogP contribution in [0.4, 0.5) is 0 Å². The number of amides is 1. The molecule has 144 valence electrons. The minimum Gasteiger partial charge on any atom is -0.387 e. The van der Waals surface area contributed by atoms with Crippen LogP contribution in [-0.4, -0.2) is 43.8 Å². The van der Waals surface area contributed by atoms with Crippen molar-refractivity contribution in [1.29, 1.82) is 0 Å². The molecule has 4 heterocycles. The third kappa shape index (κ3) is 3.18. The van der Waals surface area contributed by atoms with E-state index in [2.05, 4.69) is 15.0 Å². The van der Waals surface area contributed by atoms with Crippen LogP contribution in [0.3, 0.4) is 0 Å². The van der Waals surface area contributed by atoms with Crippen LogP contribution in [0.2, 0.25) is 0 Å². The Balaban J connectivity index is 2.04. The van der Waals surface area contributed by atoms with Crippen molar-refractivity contribution < 1.29 is 19.7 Å². The van der Waals surface area contributed by atoms with Crippen LogP contribution in [-0.2, 0) is 10.5 Å². The summed E-state index contributed by atoms with van der Waals surface area (Å²) in [5, 5.41) is 24.2. The second-order valence-electron chi connectivity index (χ2n) is 6.42. The molecule has 0 aliphatic carbocycles. The van der Waals surface area contributed by atoms with Crippen molar-refractivity contribution in [2.45, 2.75) is 24.7 Å². The molecule has 0 bridgehead atoms. The molecule has 3 aromatic heterocycles. The van der Waals surface area contributed by atoms with Crippen LogP contribution < -0.4 is 5.73 Å². The van der Waals surface area contributed by atoms with E-state index in [1.54, 1.807) is 42.2 Å². The summed E-state index contributed by atoms with van der Waals surface area (Å²) in [6, 6.07) is 5.20. The fourth-order valence-corrected chi connectivity index (χ4v) is 3.93. The van der Waals surface area contributed by atoms with Gasteiger partial charge >= 0.3 is 0 Å². The second kappa shape index (κ2) is 7.36. The number of aromatic nitrogens is 3. The summed E-state index contributed by atoms with van der Waals surface area (Å²) >= 11 is 1.36. The number of ether oxygens (including phenoxy) is 1. The summed E-state index contributed by atoms with van der Waals surface area (Å²) in [6.07, 6.45) is 4.50. The number of nitrogens with two attached hydrogens (primary N) is 1. The van der Waals surface area contributed by atoms with Crippen molar-refractivity contribution in [2.24, 2.45) is 5.73 Å². The normalized spacial score (nSPS) is 22.1. The van der Waals surface area contributed by atoms with Crippen LogP contribution in [0.25, 0.3) is 21.8 Å². The Morgan fingerprint density at radius 2 is 2.25 bits per heavy atom. The van der Waals surface area contributed by atoms with Gasteiger partial charge in [0, 0.05) is 29.5 Å². The average molecular weight is 398 g/mol. The molecule has 2 unspecified atom stereocenters. The molecule has 1 fully saturated rings. The van der Waals surface area contributed by atoms with E-state index in [1.165, 1.54) is 11.3 Å². The topological polar surface area (TPSA) is 131 Å². The molecule has 2 atom stereocenters. The van der Waals surface area contributed by atoms with E-state index in [0.717, 1.165) is 0 Å². The summed E-state index contributed by atoms with van der Waals surface area (Å²) in [5.74, 6) is -2.95. The highest BCUT2D eigenvalue weighted by atomic mass is 32.1. The number of hydrogen-bond donors (Lipinski definition) is 3. The summed E-state index contributed by atoms with van der Waals surface area (Å²) in [6.45, 7) is 0.229. The van der Waals surface area contributed by atoms with Crippen LogP contribution in [0.1, 0.15) is 28.9 Å². The standard InChI is InChI=1S/C19H18N4O4S/c20-17(25)16-15(19(26)14(24)4-2-7-27-19)12(11-3-1-5-21-10-11)9-13(23-16)18-22-6-8-28-18/h1,3,5-6,8-10,14,24,26H,2,4,7H2,(H2,20,25). The molecule has 0 aromatic carbocycles. The Hall–Kier alpha value is -2.72. The Morgan fingerprint density at radius 3 is 2.89 bits per heavy atom. The van der Waals surface area contributed by atoms with Crippen LogP contribution in [0, 0.1) is 0 Å². The van der Waals surface area contributed by atoms with Crippen molar-refractivity contribution in [3.63, 3.8) is 0 Å². The highest BCUT2D eigenvalue weighted by Gasteiger charge is 2.46. The zero-order valence-corrected chi connectivity index (χ0v) is 15.6. The van der Waals surface area contributed by atoms with Gasteiger partial charge in [0.2, 0.25) is 5.79 Å². The summed E-state index contributed by atoms with van der Waals surface area (Å²) < 4.78 is 5.57. The number of rotatable bonds is 4. The molecule has 3 aromatic rings. The van der Waals surface area contributed by atoms with Gasteiger partial charge in [0.05, 0.1) is 12.2 Å². The average Bonchev–Trinajstić information content (AvgIpc) is 3.25.